The van der Waals surface area contributed by atoms with E-state index in [-0.39, 0.29) is 25.2 Å². The zero-order valence-corrected chi connectivity index (χ0v) is 41.6. The van der Waals surface area contributed by atoms with Crippen LogP contribution < -0.4 is 0 Å². The third kappa shape index (κ3) is 50.5. The molecule has 0 amide bonds. The first kappa shape index (κ1) is 59.9. The van der Waals surface area contributed by atoms with Crippen LogP contribution in [0.4, 0.5) is 0 Å². The van der Waals surface area contributed by atoms with E-state index in [9.17, 15) is 9.59 Å². The molecule has 0 unspecified atom stereocenters. The maximum atomic E-state index is 12.6. The van der Waals surface area contributed by atoms with Gasteiger partial charge in [0.15, 0.2) is 0 Å². The van der Waals surface area contributed by atoms with Gasteiger partial charge in [0.05, 0.1) is 0 Å². The minimum absolute atomic E-state index is 0.137. The molecule has 5 nitrogen and oxygen atoms in total. The van der Waals surface area contributed by atoms with Crippen molar-refractivity contribution in [3.8, 4) is 0 Å². The number of allylic oxidation sites excluding steroid dienone is 8. The van der Waals surface area contributed by atoms with Gasteiger partial charge in [-0.1, -0.05) is 230 Å². The van der Waals surface area contributed by atoms with Gasteiger partial charge in [0.2, 0.25) is 0 Å². The van der Waals surface area contributed by atoms with Gasteiger partial charge in [-0.05, 0) is 83.5 Å². The van der Waals surface area contributed by atoms with Gasteiger partial charge in [0.1, 0.15) is 19.3 Å². The molecule has 362 valence electrons. The number of rotatable bonds is 50. The molecule has 62 heavy (non-hydrogen) atoms. The highest BCUT2D eigenvalue weighted by Crippen LogP contribution is 2.15. The summed E-state index contributed by atoms with van der Waals surface area (Å²) >= 11 is 0. The van der Waals surface area contributed by atoms with Crippen molar-refractivity contribution in [2.45, 2.75) is 284 Å². The van der Waals surface area contributed by atoms with Crippen LogP contribution in [-0.2, 0) is 23.8 Å². The Morgan fingerprint density at radius 1 is 0.339 bits per heavy atom. The van der Waals surface area contributed by atoms with Crippen LogP contribution in [0, 0.1) is 0 Å². The van der Waals surface area contributed by atoms with Crippen LogP contribution in [-0.4, -0.2) is 37.9 Å². The van der Waals surface area contributed by atoms with Gasteiger partial charge >= 0.3 is 11.9 Å². The molecule has 0 aromatic heterocycles. The van der Waals surface area contributed by atoms with E-state index in [0.717, 1.165) is 70.6 Å². The average molecular weight is 869 g/mol. The van der Waals surface area contributed by atoms with Crippen LogP contribution in [0.2, 0.25) is 0 Å². The molecule has 0 aliphatic rings. The van der Waals surface area contributed by atoms with Crippen LogP contribution in [0.5, 0.6) is 0 Å². The third-order valence-corrected chi connectivity index (χ3v) is 11.9. The van der Waals surface area contributed by atoms with E-state index in [1.165, 1.54) is 173 Å². The quantitative estimate of drug-likeness (QED) is 0.0346. The Morgan fingerprint density at radius 2 is 0.613 bits per heavy atom. The zero-order chi connectivity index (χ0) is 44.9. The lowest BCUT2D eigenvalue weighted by atomic mass is 10.0. The molecule has 0 N–H and O–H groups in total. The minimum Gasteiger partial charge on any atom is -0.463 e. The highest BCUT2D eigenvalue weighted by Gasteiger charge is 2.16. The molecule has 0 saturated heterocycles. The second-order valence-electron chi connectivity index (χ2n) is 18.1. The van der Waals surface area contributed by atoms with E-state index in [1.54, 1.807) is 0 Å². The van der Waals surface area contributed by atoms with Crippen LogP contribution in [0.1, 0.15) is 278 Å². The van der Waals surface area contributed by atoms with Gasteiger partial charge in [-0.25, -0.2) is 0 Å². The van der Waals surface area contributed by atoms with Gasteiger partial charge in [-0.2, -0.15) is 0 Å². The molecule has 0 rings (SSSR count). The van der Waals surface area contributed by atoms with Gasteiger partial charge < -0.3 is 14.2 Å². The number of esters is 2. The topological polar surface area (TPSA) is 61.8 Å². The highest BCUT2D eigenvalue weighted by atomic mass is 16.6. The van der Waals surface area contributed by atoms with E-state index < -0.39 is 6.10 Å². The largest absolute Gasteiger partial charge is 0.463 e. The number of carbonyl (C=O) groups is 2. The second-order valence-corrected chi connectivity index (χ2v) is 18.1. The van der Waals surface area contributed by atoms with Crippen molar-refractivity contribution < 1.29 is 23.8 Å². The SMILES string of the molecule is CCCCC/C=C\C/C=C\C/C=C\CCCCC(=O)OC[C@H](COC(=O)CCCCCCC/C=C\CCCCCCCC)OCCCCCCCCCCCCCCCCCC. The Bertz CT molecular complexity index is 1030. The number of hydrogen-bond acceptors (Lipinski definition) is 5. The van der Waals surface area contributed by atoms with Gasteiger partial charge in [-0.3, -0.25) is 9.59 Å². The minimum atomic E-state index is -0.416. The molecule has 0 aliphatic heterocycles. The molecule has 0 heterocycles. The van der Waals surface area contributed by atoms with Crippen LogP contribution in [0.3, 0.4) is 0 Å². The summed E-state index contributed by atoms with van der Waals surface area (Å²) in [4.78, 5) is 25.2. The lowest BCUT2D eigenvalue weighted by Gasteiger charge is -2.18. The van der Waals surface area contributed by atoms with E-state index in [2.05, 4.69) is 69.4 Å². The molecule has 0 radical (unpaired) electrons. The van der Waals surface area contributed by atoms with Crippen molar-refractivity contribution in [1.29, 1.82) is 0 Å². The lowest BCUT2D eigenvalue weighted by molar-refractivity contribution is -0.155. The predicted octanol–water partition coefficient (Wildman–Crippen LogP) is 18.3. The fourth-order valence-electron chi connectivity index (χ4n) is 7.72. The maximum Gasteiger partial charge on any atom is 0.305 e. The van der Waals surface area contributed by atoms with E-state index in [1.807, 2.05) is 0 Å². The Kier molecular flexibility index (Phi) is 51.4. The summed E-state index contributed by atoms with van der Waals surface area (Å²) in [7, 11) is 0. The summed E-state index contributed by atoms with van der Waals surface area (Å²) in [6.45, 7) is 7.68. The molecule has 0 aromatic rings. The molecule has 0 saturated carbocycles. The smallest absolute Gasteiger partial charge is 0.305 e. The molecule has 5 heteroatoms. The summed E-state index contributed by atoms with van der Waals surface area (Å²) in [6.07, 6.45) is 65.7. The van der Waals surface area contributed by atoms with Crippen molar-refractivity contribution in [3.63, 3.8) is 0 Å². The van der Waals surface area contributed by atoms with Crippen LogP contribution >= 0.6 is 0 Å². The van der Waals surface area contributed by atoms with E-state index in [4.69, 9.17) is 14.2 Å². The number of hydrogen-bond donors (Lipinski definition) is 0. The zero-order valence-electron chi connectivity index (χ0n) is 41.6. The summed E-state index contributed by atoms with van der Waals surface area (Å²) in [5.74, 6) is -0.376. The molecular weight excluding hydrogens is 765 g/mol. The first-order chi connectivity index (χ1) is 30.6. The summed E-state index contributed by atoms with van der Waals surface area (Å²) < 4.78 is 17.4. The van der Waals surface area contributed by atoms with Crippen molar-refractivity contribution in [2.75, 3.05) is 19.8 Å². The summed E-state index contributed by atoms with van der Waals surface area (Å²) in [5, 5.41) is 0. The average Bonchev–Trinajstić information content (AvgIpc) is 3.28. The fraction of sp³-hybridized carbons (Fsp3) is 0.825. The number of ether oxygens (including phenoxy) is 3. The lowest BCUT2D eigenvalue weighted by Crippen LogP contribution is -2.29. The van der Waals surface area contributed by atoms with Crippen molar-refractivity contribution in [1.82, 2.24) is 0 Å². The Labute approximate surface area is 386 Å². The van der Waals surface area contributed by atoms with Crippen molar-refractivity contribution >= 4 is 11.9 Å². The summed E-state index contributed by atoms with van der Waals surface area (Å²) in [6, 6.07) is 0. The van der Waals surface area contributed by atoms with Gasteiger partial charge in [0, 0.05) is 19.4 Å². The van der Waals surface area contributed by atoms with Crippen LogP contribution in [0.25, 0.3) is 0 Å². The summed E-state index contributed by atoms with van der Waals surface area (Å²) in [5.41, 5.74) is 0. The standard InChI is InChI=1S/C57H104O5/c1-4-7-10-13-16-19-22-25-28-31-34-37-40-43-46-49-52-60-55(53-61-56(58)50-47-44-41-38-35-32-29-26-23-20-17-14-11-8-5-2)54-62-57(59)51-48-45-42-39-36-33-30-27-24-21-18-15-12-9-6-3/h17,20,26-27,29-30,35,38,55H,4-16,18-19,21-25,28,31-34,36-37,39-54H2,1-3H3/b20-17-,29-26-,30-27-,38-35-/t55-/m1/s1. The van der Waals surface area contributed by atoms with Crippen LogP contribution in [0.15, 0.2) is 48.6 Å². The molecule has 0 bridgehead atoms. The maximum absolute atomic E-state index is 12.6. The molecule has 0 aliphatic carbocycles. The number of carbonyl (C=O) groups excluding carboxylic acids is 2. The molecule has 0 aromatic carbocycles. The fourth-order valence-corrected chi connectivity index (χ4v) is 7.72. The Hall–Kier alpha value is -2.14. The molecule has 0 spiro atoms. The normalized spacial score (nSPS) is 12.5. The van der Waals surface area contributed by atoms with Crippen molar-refractivity contribution in [2.24, 2.45) is 0 Å². The predicted molar refractivity (Wildman–Crippen MR) is 270 cm³/mol. The van der Waals surface area contributed by atoms with Gasteiger partial charge in [-0.15, -0.1) is 0 Å². The van der Waals surface area contributed by atoms with E-state index >= 15 is 0 Å². The number of unbranched alkanes of at least 4 members (excludes halogenated alkanes) is 31. The van der Waals surface area contributed by atoms with Gasteiger partial charge in [0.25, 0.3) is 0 Å². The molecule has 1 atom stereocenters. The Morgan fingerprint density at radius 3 is 1.03 bits per heavy atom. The molecule has 0 fully saturated rings. The molecular formula is C57H104O5. The monoisotopic (exact) mass is 869 g/mol. The highest BCUT2D eigenvalue weighted by molar-refractivity contribution is 5.69. The first-order valence-electron chi connectivity index (χ1n) is 27.2. The Balaban J connectivity index is 4.31. The first-order valence-corrected chi connectivity index (χ1v) is 27.2. The van der Waals surface area contributed by atoms with E-state index in [0.29, 0.717) is 19.4 Å². The second kappa shape index (κ2) is 53.2. The van der Waals surface area contributed by atoms with Crippen molar-refractivity contribution in [3.05, 3.63) is 48.6 Å². The third-order valence-electron chi connectivity index (χ3n) is 11.9.